The highest BCUT2D eigenvalue weighted by Gasteiger charge is 2.28. The molecule has 1 aromatic carbocycles. The van der Waals surface area contributed by atoms with E-state index in [0.29, 0.717) is 5.92 Å². The predicted molar refractivity (Wildman–Crippen MR) is 66.4 cm³/mol. The van der Waals surface area contributed by atoms with Crippen LogP contribution in [0.15, 0.2) is 24.3 Å². The molecule has 94 valence electrons. The van der Waals surface area contributed by atoms with Crippen molar-refractivity contribution in [2.24, 2.45) is 5.92 Å². The molecule has 3 atom stereocenters. The van der Waals surface area contributed by atoms with Crippen molar-refractivity contribution in [3.63, 3.8) is 0 Å². The summed E-state index contributed by atoms with van der Waals surface area (Å²) in [5.41, 5.74) is 0. The Morgan fingerprint density at radius 3 is 2.76 bits per heavy atom. The van der Waals surface area contributed by atoms with Gasteiger partial charge in [-0.3, -0.25) is 0 Å². The number of methoxy groups -OCH3 is 1. The van der Waals surface area contributed by atoms with Gasteiger partial charge in [0.15, 0.2) is 0 Å². The molecule has 0 spiro atoms. The Balaban J connectivity index is 2.03. The quantitative estimate of drug-likeness (QED) is 0.876. The van der Waals surface area contributed by atoms with Crippen molar-refractivity contribution < 1.29 is 14.6 Å². The van der Waals surface area contributed by atoms with Crippen LogP contribution >= 0.6 is 0 Å². The Morgan fingerprint density at radius 2 is 2.00 bits per heavy atom. The molecule has 3 unspecified atom stereocenters. The molecule has 1 saturated carbocycles. The summed E-state index contributed by atoms with van der Waals surface area (Å²) in [6, 6.07) is 7.53. The Hall–Kier alpha value is -1.22. The maximum atomic E-state index is 9.92. The number of rotatable bonds is 3. The van der Waals surface area contributed by atoms with Crippen LogP contribution in [0.2, 0.25) is 0 Å². The number of hydrogen-bond acceptors (Lipinski definition) is 3. The third-order valence-corrected chi connectivity index (χ3v) is 3.35. The Bertz CT molecular complexity index is 364. The lowest BCUT2D eigenvalue weighted by Gasteiger charge is -2.31. The second-order valence-electron chi connectivity index (χ2n) is 4.82. The number of aliphatic hydroxyl groups is 1. The standard InChI is InChI=1S/C14H20O3/c1-10-6-7-13(15)14(8-10)17-12-5-3-4-11(9-12)16-2/h3-5,9-10,13-15H,6-8H2,1-2H3. The first kappa shape index (κ1) is 12.2. The van der Waals surface area contributed by atoms with Gasteiger partial charge >= 0.3 is 0 Å². The van der Waals surface area contributed by atoms with Crippen LogP contribution in [0.1, 0.15) is 26.2 Å². The van der Waals surface area contributed by atoms with E-state index in [1.165, 1.54) is 0 Å². The van der Waals surface area contributed by atoms with Gasteiger partial charge in [0, 0.05) is 6.07 Å². The van der Waals surface area contributed by atoms with Crippen molar-refractivity contribution in [2.75, 3.05) is 7.11 Å². The molecule has 3 nitrogen and oxygen atoms in total. The lowest BCUT2D eigenvalue weighted by molar-refractivity contribution is -0.00766. The van der Waals surface area contributed by atoms with Crippen LogP contribution in [0, 0.1) is 5.92 Å². The molecule has 0 saturated heterocycles. The molecule has 3 heteroatoms. The van der Waals surface area contributed by atoms with E-state index in [1.807, 2.05) is 24.3 Å². The van der Waals surface area contributed by atoms with E-state index >= 15 is 0 Å². The fourth-order valence-corrected chi connectivity index (χ4v) is 2.29. The van der Waals surface area contributed by atoms with Crippen LogP contribution in [0.5, 0.6) is 11.5 Å². The first-order chi connectivity index (χ1) is 8.19. The van der Waals surface area contributed by atoms with E-state index in [9.17, 15) is 5.11 Å². The SMILES string of the molecule is COc1cccc(OC2CC(C)CCC2O)c1. The largest absolute Gasteiger partial charge is 0.497 e. The maximum Gasteiger partial charge on any atom is 0.125 e. The van der Waals surface area contributed by atoms with Gasteiger partial charge in [-0.05, 0) is 37.3 Å². The van der Waals surface area contributed by atoms with Crippen LogP contribution in [0.3, 0.4) is 0 Å². The minimum Gasteiger partial charge on any atom is -0.497 e. The lowest BCUT2D eigenvalue weighted by atomic mass is 9.86. The van der Waals surface area contributed by atoms with Crippen molar-refractivity contribution in [1.29, 1.82) is 0 Å². The maximum absolute atomic E-state index is 9.92. The molecule has 17 heavy (non-hydrogen) atoms. The van der Waals surface area contributed by atoms with Crippen molar-refractivity contribution in [1.82, 2.24) is 0 Å². The number of ether oxygens (including phenoxy) is 2. The molecule has 1 aromatic rings. The van der Waals surface area contributed by atoms with Gasteiger partial charge in [-0.2, -0.15) is 0 Å². The molecule has 1 N–H and O–H groups in total. The van der Waals surface area contributed by atoms with E-state index in [1.54, 1.807) is 7.11 Å². The molecule has 0 heterocycles. The smallest absolute Gasteiger partial charge is 0.125 e. The minimum absolute atomic E-state index is 0.0918. The first-order valence-electron chi connectivity index (χ1n) is 6.18. The van der Waals surface area contributed by atoms with E-state index in [0.717, 1.165) is 30.8 Å². The van der Waals surface area contributed by atoms with Gasteiger partial charge in [0.05, 0.1) is 13.2 Å². The van der Waals surface area contributed by atoms with E-state index in [2.05, 4.69) is 6.92 Å². The van der Waals surface area contributed by atoms with Crippen LogP contribution < -0.4 is 9.47 Å². The summed E-state index contributed by atoms with van der Waals surface area (Å²) < 4.78 is 11.0. The number of aliphatic hydroxyl groups excluding tert-OH is 1. The van der Waals surface area contributed by atoms with Crippen molar-refractivity contribution in [3.05, 3.63) is 24.3 Å². The highest BCUT2D eigenvalue weighted by Crippen LogP contribution is 2.29. The highest BCUT2D eigenvalue weighted by molar-refractivity contribution is 5.33. The summed E-state index contributed by atoms with van der Waals surface area (Å²) in [5.74, 6) is 2.16. The zero-order valence-electron chi connectivity index (χ0n) is 10.4. The highest BCUT2D eigenvalue weighted by atomic mass is 16.5. The van der Waals surface area contributed by atoms with Gasteiger partial charge < -0.3 is 14.6 Å². The molecule has 0 amide bonds. The van der Waals surface area contributed by atoms with Crippen molar-refractivity contribution in [2.45, 2.75) is 38.4 Å². The third-order valence-electron chi connectivity index (χ3n) is 3.35. The molecule has 1 aliphatic carbocycles. The zero-order valence-corrected chi connectivity index (χ0v) is 10.4. The summed E-state index contributed by atoms with van der Waals surface area (Å²) in [6.07, 6.45) is 2.39. The van der Waals surface area contributed by atoms with E-state index in [4.69, 9.17) is 9.47 Å². The molecular formula is C14H20O3. The molecule has 0 aliphatic heterocycles. The average Bonchev–Trinajstić information content (AvgIpc) is 2.34. The number of benzene rings is 1. The van der Waals surface area contributed by atoms with Gasteiger partial charge in [-0.25, -0.2) is 0 Å². The molecule has 0 radical (unpaired) electrons. The van der Waals surface area contributed by atoms with Gasteiger partial charge in [0.2, 0.25) is 0 Å². The Labute approximate surface area is 102 Å². The van der Waals surface area contributed by atoms with Crippen molar-refractivity contribution >= 4 is 0 Å². The van der Waals surface area contributed by atoms with E-state index < -0.39 is 0 Å². The summed E-state index contributed by atoms with van der Waals surface area (Å²) in [7, 11) is 1.64. The molecule has 1 aliphatic rings. The summed E-state index contributed by atoms with van der Waals surface area (Å²) in [6.45, 7) is 2.20. The van der Waals surface area contributed by atoms with Crippen LogP contribution in [0.4, 0.5) is 0 Å². The van der Waals surface area contributed by atoms with E-state index in [-0.39, 0.29) is 12.2 Å². The average molecular weight is 236 g/mol. The molecule has 0 aromatic heterocycles. The molecule has 1 fully saturated rings. The molecule has 0 bridgehead atoms. The normalized spacial score (nSPS) is 28.8. The van der Waals surface area contributed by atoms with Crippen molar-refractivity contribution in [3.8, 4) is 11.5 Å². The summed E-state index contributed by atoms with van der Waals surface area (Å²) >= 11 is 0. The first-order valence-corrected chi connectivity index (χ1v) is 6.18. The number of hydrogen-bond donors (Lipinski definition) is 1. The minimum atomic E-state index is -0.350. The monoisotopic (exact) mass is 236 g/mol. The van der Waals surface area contributed by atoms with Crippen LogP contribution in [-0.4, -0.2) is 24.4 Å². The van der Waals surface area contributed by atoms with Gasteiger partial charge in [0.1, 0.15) is 17.6 Å². The van der Waals surface area contributed by atoms with Crippen LogP contribution in [-0.2, 0) is 0 Å². The third kappa shape index (κ3) is 3.13. The second-order valence-corrected chi connectivity index (χ2v) is 4.82. The summed E-state index contributed by atoms with van der Waals surface area (Å²) in [5, 5.41) is 9.92. The predicted octanol–water partition coefficient (Wildman–Crippen LogP) is 2.62. The fourth-order valence-electron chi connectivity index (χ4n) is 2.29. The topological polar surface area (TPSA) is 38.7 Å². The lowest BCUT2D eigenvalue weighted by Crippen LogP contribution is -2.37. The van der Waals surface area contributed by atoms with Gasteiger partial charge in [-0.1, -0.05) is 13.0 Å². The molecule has 2 rings (SSSR count). The zero-order chi connectivity index (χ0) is 12.3. The van der Waals surface area contributed by atoms with Gasteiger partial charge in [0.25, 0.3) is 0 Å². The summed E-state index contributed by atoms with van der Waals surface area (Å²) in [4.78, 5) is 0. The Morgan fingerprint density at radius 1 is 1.24 bits per heavy atom. The molecular weight excluding hydrogens is 216 g/mol. The second kappa shape index (κ2) is 5.41. The van der Waals surface area contributed by atoms with Crippen LogP contribution in [0.25, 0.3) is 0 Å². The van der Waals surface area contributed by atoms with Gasteiger partial charge in [-0.15, -0.1) is 0 Å². The fraction of sp³-hybridized carbons (Fsp3) is 0.571. The Kier molecular flexibility index (Phi) is 3.89.